The molecular weight excluding hydrogens is 410 g/mol. The largest absolute Gasteiger partial charge is 0.465 e. The van der Waals surface area contributed by atoms with Crippen LogP contribution in [-0.2, 0) is 16.6 Å². The number of piperazine rings is 1. The minimum absolute atomic E-state index is 0.0561. The molecule has 2 aliphatic heterocycles. The van der Waals surface area contributed by atoms with E-state index in [4.69, 9.17) is 5.10 Å². The third kappa shape index (κ3) is 3.59. The summed E-state index contributed by atoms with van der Waals surface area (Å²) >= 11 is 0. The van der Waals surface area contributed by atoms with Crippen molar-refractivity contribution in [1.29, 1.82) is 0 Å². The average Bonchev–Trinajstić information content (AvgIpc) is 3.03. The molecule has 9 nitrogen and oxygen atoms in total. The monoisotopic (exact) mass is 441 g/mol. The molecule has 0 spiro atoms. The first kappa shape index (κ1) is 22.1. The van der Waals surface area contributed by atoms with Crippen molar-refractivity contribution in [2.75, 3.05) is 18.0 Å². The molecule has 0 saturated carbocycles. The van der Waals surface area contributed by atoms with Crippen LogP contribution in [0, 0.1) is 5.41 Å². The molecule has 3 amide bonds. The number of hydrogen-bond acceptors (Lipinski definition) is 5. The van der Waals surface area contributed by atoms with Crippen LogP contribution in [-0.4, -0.2) is 62.9 Å². The summed E-state index contributed by atoms with van der Waals surface area (Å²) in [5.41, 5.74) is 2.33. The molecule has 2 aliphatic rings. The zero-order chi connectivity index (χ0) is 23.4. The average molecular weight is 442 g/mol. The van der Waals surface area contributed by atoms with Crippen molar-refractivity contribution >= 4 is 34.5 Å². The van der Waals surface area contributed by atoms with Gasteiger partial charge in [-0.3, -0.25) is 19.6 Å². The van der Waals surface area contributed by atoms with Gasteiger partial charge in [-0.25, -0.2) is 4.79 Å². The number of nitrogens with zero attached hydrogens (tertiary/aromatic N) is 4. The number of piperidine rings is 1. The van der Waals surface area contributed by atoms with Crippen LogP contribution in [0.15, 0.2) is 18.2 Å². The van der Waals surface area contributed by atoms with Gasteiger partial charge in [-0.2, -0.15) is 5.10 Å². The minimum atomic E-state index is -0.893. The number of nitrogens with one attached hydrogen (secondary N) is 1. The molecule has 3 heterocycles. The highest BCUT2D eigenvalue weighted by Crippen LogP contribution is 2.39. The number of aryl methyl sites for hydroxylation is 1. The Hall–Kier alpha value is -3.10. The maximum atomic E-state index is 12.5. The fourth-order valence-corrected chi connectivity index (χ4v) is 5.52. The van der Waals surface area contributed by atoms with Gasteiger partial charge in [0.2, 0.25) is 11.8 Å². The molecule has 32 heavy (non-hydrogen) atoms. The van der Waals surface area contributed by atoms with E-state index in [1.807, 2.05) is 25.2 Å². The van der Waals surface area contributed by atoms with Gasteiger partial charge in [0, 0.05) is 38.0 Å². The second-order valence-electron chi connectivity index (χ2n) is 9.91. The number of hydrogen-bond donors (Lipinski definition) is 2. The Balaban J connectivity index is 1.77. The molecule has 2 N–H and O–H groups in total. The van der Waals surface area contributed by atoms with Crippen LogP contribution in [0.4, 0.5) is 10.5 Å². The third-order valence-electron chi connectivity index (χ3n) is 6.75. The van der Waals surface area contributed by atoms with E-state index in [0.717, 1.165) is 16.6 Å². The molecule has 2 unspecified atom stereocenters. The molecule has 172 valence electrons. The molecule has 2 fully saturated rings. The highest BCUT2D eigenvalue weighted by atomic mass is 16.4. The number of imide groups is 1. The molecule has 2 saturated heterocycles. The summed E-state index contributed by atoms with van der Waals surface area (Å²) in [7, 11) is 1.86. The Morgan fingerprint density at radius 2 is 1.94 bits per heavy atom. The molecule has 4 rings (SSSR count). The lowest BCUT2D eigenvalue weighted by Crippen LogP contribution is -2.64. The number of carbonyl (C=O) groups excluding carboxylic acids is 2. The quantitative estimate of drug-likeness (QED) is 0.694. The van der Waals surface area contributed by atoms with Gasteiger partial charge < -0.3 is 14.9 Å². The third-order valence-corrected chi connectivity index (χ3v) is 6.75. The van der Waals surface area contributed by atoms with Crippen molar-refractivity contribution in [2.24, 2.45) is 12.5 Å². The SMILES string of the molecule is C[C@@H]1C(C(C)(C)C)N(C(=O)O)CCN1c1cccc2c(C3CCC(=O)NC3=O)nn(C)c12. The lowest BCUT2D eigenvalue weighted by atomic mass is 9.79. The van der Waals surface area contributed by atoms with Gasteiger partial charge in [-0.15, -0.1) is 0 Å². The normalized spacial score (nSPS) is 24.7. The van der Waals surface area contributed by atoms with Gasteiger partial charge >= 0.3 is 6.09 Å². The van der Waals surface area contributed by atoms with Crippen molar-refractivity contribution in [3.8, 4) is 0 Å². The highest BCUT2D eigenvalue weighted by molar-refractivity contribution is 6.03. The lowest BCUT2D eigenvalue weighted by Gasteiger charge is -2.51. The number of para-hydroxylation sites is 1. The van der Waals surface area contributed by atoms with Gasteiger partial charge in [-0.1, -0.05) is 32.9 Å². The Labute approximate surface area is 187 Å². The molecule has 0 bridgehead atoms. The van der Waals surface area contributed by atoms with E-state index >= 15 is 0 Å². The zero-order valence-corrected chi connectivity index (χ0v) is 19.3. The van der Waals surface area contributed by atoms with Crippen LogP contribution in [0.3, 0.4) is 0 Å². The minimum Gasteiger partial charge on any atom is -0.465 e. The number of fused-ring (bicyclic) bond motifs is 1. The first-order chi connectivity index (χ1) is 15.0. The smallest absolute Gasteiger partial charge is 0.407 e. The zero-order valence-electron chi connectivity index (χ0n) is 19.3. The van der Waals surface area contributed by atoms with Crippen molar-refractivity contribution in [1.82, 2.24) is 20.0 Å². The Bertz CT molecular complexity index is 1090. The van der Waals surface area contributed by atoms with E-state index in [1.165, 1.54) is 0 Å². The summed E-state index contributed by atoms with van der Waals surface area (Å²) in [6.45, 7) is 9.26. The van der Waals surface area contributed by atoms with Crippen LogP contribution >= 0.6 is 0 Å². The molecule has 0 aliphatic carbocycles. The molecule has 9 heteroatoms. The molecule has 1 aromatic heterocycles. The number of rotatable bonds is 2. The predicted octanol–water partition coefficient (Wildman–Crippen LogP) is 2.70. The molecule has 3 atom stereocenters. The summed E-state index contributed by atoms with van der Waals surface area (Å²) in [6, 6.07) is 5.71. The topological polar surface area (TPSA) is 108 Å². The Morgan fingerprint density at radius 1 is 1.22 bits per heavy atom. The van der Waals surface area contributed by atoms with Crippen LogP contribution in [0.2, 0.25) is 0 Å². The molecular formula is C23H31N5O4. The van der Waals surface area contributed by atoms with Crippen LogP contribution in [0.25, 0.3) is 10.9 Å². The lowest BCUT2D eigenvalue weighted by molar-refractivity contribution is -0.134. The van der Waals surface area contributed by atoms with E-state index in [1.54, 1.807) is 9.58 Å². The van der Waals surface area contributed by atoms with Gasteiger partial charge in [-0.05, 0) is 24.8 Å². The van der Waals surface area contributed by atoms with Crippen molar-refractivity contribution in [3.05, 3.63) is 23.9 Å². The fraction of sp³-hybridized carbons (Fsp3) is 0.565. The molecule has 2 aromatic rings. The van der Waals surface area contributed by atoms with E-state index in [0.29, 0.717) is 31.6 Å². The second-order valence-corrected chi connectivity index (χ2v) is 9.91. The summed E-state index contributed by atoms with van der Waals surface area (Å²) in [6.07, 6.45) is -0.147. The van der Waals surface area contributed by atoms with Crippen LogP contribution in [0.1, 0.15) is 52.1 Å². The van der Waals surface area contributed by atoms with Crippen LogP contribution in [0.5, 0.6) is 0 Å². The Morgan fingerprint density at radius 3 is 2.56 bits per heavy atom. The van der Waals surface area contributed by atoms with Crippen LogP contribution < -0.4 is 10.2 Å². The second kappa shape index (κ2) is 7.79. The maximum Gasteiger partial charge on any atom is 0.407 e. The van der Waals surface area contributed by atoms with E-state index in [2.05, 4.69) is 37.9 Å². The number of benzene rings is 1. The van der Waals surface area contributed by atoms with Crippen molar-refractivity contribution in [2.45, 2.75) is 58.5 Å². The predicted molar refractivity (Wildman–Crippen MR) is 121 cm³/mol. The summed E-state index contributed by atoms with van der Waals surface area (Å²) in [4.78, 5) is 39.8. The summed E-state index contributed by atoms with van der Waals surface area (Å²) in [5.74, 6) is -1.01. The van der Waals surface area contributed by atoms with Crippen molar-refractivity contribution in [3.63, 3.8) is 0 Å². The standard InChI is InChI=1S/C23H31N5O4/c1-13-20(23(2,3)4)28(22(31)32)12-11-27(13)16-8-6-7-14-18(25-26(5)19(14)16)15-9-10-17(29)24-21(15)30/h6-8,13,15,20H,9-12H2,1-5H3,(H,31,32)(H,24,29,30)/t13-,15?,20?/m1/s1. The maximum absolute atomic E-state index is 12.5. The number of carboxylic acid groups (broad SMARTS) is 1. The number of amides is 3. The van der Waals surface area contributed by atoms with Gasteiger partial charge in [0.1, 0.15) is 0 Å². The van der Waals surface area contributed by atoms with Gasteiger partial charge in [0.25, 0.3) is 0 Å². The Kier molecular flexibility index (Phi) is 5.38. The van der Waals surface area contributed by atoms with E-state index in [9.17, 15) is 19.5 Å². The number of anilines is 1. The van der Waals surface area contributed by atoms with E-state index < -0.39 is 12.0 Å². The van der Waals surface area contributed by atoms with E-state index in [-0.39, 0.29) is 29.3 Å². The first-order valence-corrected chi connectivity index (χ1v) is 11.1. The molecule has 1 aromatic carbocycles. The van der Waals surface area contributed by atoms with Gasteiger partial charge in [0.05, 0.1) is 28.9 Å². The summed E-state index contributed by atoms with van der Waals surface area (Å²) in [5, 5.41) is 17.8. The number of aromatic nitrogens is 2. The first-order valence-electron chi connectivity index (χ1n) is 11.1. The number of carbonyl (C=O) groups is 3. The fourth-order valence-electron chi connectivity index (χ4n) is 5.52. The molecule has 0 radical (unpaired) electrons. The van der Waals surface area contributed by atoms with Crippen molar-refractivity contribution < 1.29 is 19.5 Å². The highest BCUT2D eigenvalue weighted by Gasteiger charge is 2.43. The summed E-state index contributed by atoms with van der Waals surface area (Å²) < 4.78 is 1.80. The van der Waals surface area contributed by atoms with Gasteiger partial charge in [0.15, 0.2) is 0 Å².